The number of para-hydroxylation sites is 1. The highest BCUT2D eigenvalue weighted by Crippen LogP contribution is 2.20. The zero-order valence-corrected chi connectivity index (χ0v) is 13.6. The van der Waals surface area contributed by atoms with Crippen molar-refractivity contribution in [2.24, 2.45) is 0 Å². The molecule has 126 valence electrons. The number of aromatic nitrogens is 1. The Morgan fingerprint density at radius 2 is 1.52 bits per heavy atom. The molecule has 0 radical (unpaired) electrons. The van der Waals surface area contributed by atoms with Crippen molar-refractivity contribution < 1.29 is 9.90 Å². The summed E-state index contributed by atoms with van der Waals surface area (Å²) in [4.78, 5) is 16.4. The third kappa shape index (κ3) is 4.43. The van der Waals surface area contributed by atoms with Crippen LogP contribution in [0.25, 0.3) is 11.1 Å². The molecule has 5 heteroatoms. The molecule has 0 saturated carbocycles. The number of nitrogens with one attached hydrogen (secondary N) is 2. The van der Waals surface area contributed by atoms with Gasteiger partial charge in [-0.2, -0.15) is 0 Å². The molecule has 0 saturated heterocycles. The molecule has 1 aromatic heterocycles. The summed E-state index contributed by atoms with van der Waals surface area (Å²) in [6, 6.07) is 20.0. The number of hydrogen-bond donors (Lipinski definition) is 3. The van der Waals surface area contributed by atoms with E-state index in [0.29, 0.717) is 5.69 Å². The molecular weight excluding hydrogens is 314 g/mol. The molecule has 3 rings (SSSR count). The highest BCUT2D eigenvalue weighted by atomic mass is 16.3. The maximum atomic E-state index is 12.4. The molecule has 2 aromatic carbocycles. The van der Waals surface area contributed by atoms with E-state index in [1.165, 1.54) is 0 Å². The number of nitrogens with zero attached hydrogens (tertiary/aromatic N) is 1. The summed E-state index contributed by atoms with van der Waals surface area (Å²) in [6.07, 6.45) is 3.48. The van der Waals surface area contributed by atoms with E-state index in [0.717, 1.165) is 16.8 Å². The average molecular weight is 333 g/mol. The van der Waals surface area contributed by atoms with Crippen LogP contribution in [-0.2, 0) is 4.79 Å². The zero-order chi connectivity index (χ0) is 17.5. The predicted octanol–water partition coefficient (Wildman–Crippen LogP) is 3.16. The second kappa shape index (κ2) is 8.08. The van der Waals surface area contributed by atoms with Crippen molar-refractivity contribution in [2.45, 2.75) is 6.04 Å². The first kappa shape index (κ1) is 16.7. The molecule has 1 atom stereocenters. The fourth-order valence-electron chi connectivity index (χ4n) is 2.45. The molecular formula is C20H19N3O2. The fourth-order valence-corrected chi connectivity index (χ4v) is 2.45. The minimum atomic E-state index is -0.720. The number of hydrogen-bond acceptors (Lipinski definition) is 4. The Morgan fingerprint density at radius 3 is 2.16 bits per heavy atom. The summed E-state index contributed by atoms with van der Waals surface area (Å²) in [5, 5.41) is 15.3. The molecule has 1 heterocycles. The van der Waals surface area contributed by atoms with Crippen molar-refractivity contribution in [1.82, 2.24) is 4.98 Å². The van der Waals surface area contributed by atoms with Gasteiger partial charge in [-0.1, -0.05) is 30.3 Å². The lowest BCUT2D eigenvalue weighted by molar-refractivity contribution is -0.117. The van der Waals surface area contributed by atoms with Crippen LogP contribution in [0.3, 0.4) is 0 Å². The molecule has 5 nitrogen and oxygen atoms in total. The summed E-state index contributed by atoms with van der Waals surface area (Å²) in [7, 11) is 0. The van der Waals surface area contributed by atoms with Crippen molar-refractivity contribution in [2.75, 3.05) is 17.2 Å². The number of aliphatic hydroxyl groups excluding tert-OH is 1. The van der Waals surface area contributed by atoms with Gasteiger partial charge in [0.25, 0.3) is 0 Å². The SMILES string of the molecule is O=C(Nc1ccc(-c2ccncc2)cc1)[C@@H](CO)Nc1ccccc1. The Balaban J connectivity index is 1.65. The Morgan fingerprint density at radius 1 is 0.880 bits per heavy atom. The number of carbonyl (C=O) groups is 1. The van der Waals surface area contributed by atoms with Crippen molar-refractivity contribution in [3.63, 3.8) is 0 Å². The number of rotatable bonds is 6. The van der Waals surface area contributed by atoms with Gasteiger partial charge in [0, 0.05) is 23.8 Å². The number of aliphatic hydroxyl groups is 1. The van der Waals surface area contributed by atoms with Gasteiger partial charge in [0.2, 0.25) is 5.91 Å². The third-order valence-electron chi connectivity index (χ3n) is 3.78. The number of benzene rings is 2. The van der Waals surface area contributed by atoms with Gasteiger partial charge in [0.1, 0.15) is 6.04 Å². The van der Waals surface area contributed by atoms with Crippen LogP contribution in [0, 0.1) is 0 Å². The minimum absolute atomic E-state index is 0.289. The van der Waals surface area contributed by atoms with E-state index in [-0.39, 0.29) is 12.5 Å². The number of anilines is 2. The van der Waals surface area contributed by atoms with E-state index in [1.807, 2.05) is 66.7 Å². The Labute approximate surface area is 146 Å². The first-order valence-corrected chi connectivity index (χ1v) is 8.00. The number of carbonyl (C=O) groups excluding carboxylic acids is 1. The normalized spacial score (nSPS) is 11.6. The third-order valence-corrected chi connectivity index (χ3v) is 3.78. The smallest absolute Gasteiger partial charge is 0.249 e. The zero-order valence-electron chi connectivity index (χ0n) is 13.6. The molecule has 0 aliphatic heterocycles. The lowest BCUT2D eigenvalue weighted by Gasteiger charge is -2.17. The van der Waals surface area contributed by atoms with E-state index in [1.54, 1.807) is 12.4 Å². The molecule has 1 amide bonds. The maximum absolute atomic E-state index is 12.4. The van der Waals surface area contributed by atoms with Crippen LogP contribution in [0.4, 0.5) is 11.4 Å². The Hall–Kier alpha value is -3.18. The van der Waals surface area contributed by atoms with E-state index >= 15 is 0 Å². The molecule has 3 N–H and O–H groups in total. The van der Waals surface area contributed by atoms with Gasteiger partial charge in [0.15, 0.2) is 0 Å². The van der Waals surface area contributed by atoms with Crippen LogP contribution >= 0.6 is 0 Å². The van der Waals surface area contributed by atoms with Crippen molar-refractivity contribution >= 4 is 17.3 Å². The Kier molecular flexibility index (Phi) is 5.39. The summed E-state index contributed by atoms with van der Waals surface area (Å²) >= 11 is 0. The van der Waals surface area contributed by atoms with Crippen molar-refractivity contribution in [3.05, 3.63) is 79.1 Å². The number of amides is 1. The van der Waals surface area contributed by atoms with Crippen LogP contribution in [-0.4, -0.2) is 28.6 Å². The molecule has 0 spiro atoms. The molecule has 0 unspecified atom stereocenters. The Bertz CT molecular complexity index is 805. The summed E-state index contributed by atoms with van der Waals surface area (Å²) in [5.74, 6) is -0.289. The van der Waals surface area contributed by atoms with Crippen LogP contribution in [0.5, 0.6) is 0 Å². The van der Waals surface area contributed by atoms with Crippen LogP contribution in [0.15, 0.2) is 79.1 Å². The largest absolute Gasteiger partial charge is 0.394 e. The summed E-state index contributed by atoms with van der Waals surface area (Å²) < 4.78 is 0. The van der Waals surface area contributed by atoms with Gasteiger partial charge < -0.3 is 15.7 Å². The van der Waals surface area contributed by atoms with E-state index in [9.17, 15) is 9.90 Å². The van der Waals surface area contributed by atoms with Crippen LogP contribution < -0.4 is 10.6 Å². The highest BCUT2D eigenvalue weighted by molar-refractivity contribution is 5.96. The van der Waals surface area contributed by atoms with Crippen molar-refractivity contribution in [1.29, 1.82) is 0 Å². The van der Waals surface area contributed by atoms with Gasteiger partial charge in [-0.25, -0.2) is 0 Å². The maximum Gasteiger partial charge on any atom is 0.249 e. The molecule has 0 fully saturated rings. The first-order valence-electron chi connectivity index (χ1n) is 8.00. The van der Waals surface area contributed by atoms with Crippen LogP contribution in [0.1, 0.15) is 0 Å². The highest BCUT2D eigenvalue weighted by Gasteiger charge is 2.17. The number of pyridine rings is 1. The standard InChI is InChI=1S/C20H19N3O2/c24-14-19(22-17-4-2-1-3-5-17)20(25)23-18-8-6-15(7-9-18)16-10-12-21-13-11-16/h1-13,19,22,24H,14H2,(H,23,25)/t19-/m1/s1. The first-order chi connectivity index (χ1) is 12.3. The topological polar surface area (TPSA) is 74.2 Å². The van der Waals surface area contributed by atoms with Gasteiger partial charge in [-0.3, -0.25) is 9.78 Å². The molecule has 0 bridgehead atoms. The molecule has 25 heavy (non-hydrogen) atoms. The van der Waals surface area contributed by atoms with Gasteiger partial charge in [-0.15, -0.1) is 0 Å². The van der Waals surface area contributed by atoms with Gasteiger partial charge in [0.05, 0.1) is 6.61 Å². The van der Waals surface area contributed by atoms with E-state index in [4.69, 9.17) is 0 Å². The van der Waals surface area contributed by atoms with Gasteiger partial charge >= 0.3 is 0 Å². The monoisotopic (exact) mass is 333 g/mol. The van der Waals surface area contributed by atoms with E-state index < -0.39 is 6.04 Å². The predicted molar refractivity (Wildman–Crippen MR) is 99.2 cm³/mol. The second-order valence-electron chi connectivity index (χ2n) is 5.55. The lowest BCUT2D eigenvalue weighted by atomic mass is 10.1. The summed E-state index contributed by atoms with van der Waals surface area (Å²) in [5.41, 5.74) is 3.56. The molecule has 0 aliphatic rings. The lowest BCUT2D eigenvalue weighted by Crippen LogP contribution is -2.37. The van der Waals surface area contributed by atoms with Crippen molar-refractivity contribution in [3.8, 4) is 11.1 Å². The van der Waals surface area contributed by atoms with Crippen LogP contribution in [0.2, 0.25) is 0 Å². The second-order valence-corrected chi connectivity index (χ2v) is 5.55. The molecule has 0 aliphatic carbocycles. The minimum Gasteiger partial charge on any atom is -0.394 e. The fraction of sp³-hybridized carbons (Fsp3) is 0.100. The van der Waals surface area contributed by atoms with Gasteiger partial charge in [-0.05, 0) is 47.5 Å². The van der Waals surface area contributed by atoms with E-state index in [2.05, 4.69) is 15.6 Å². The summed E-state index contributed by atoms with van der Waals surface area (Å²) in [6.45, 7) is -0.296. The molecule has 3 aromatic rings. The average Bonchev–Trinajstić information content (AvgIpc) is 2.68. The quantitative estimate of drug-likeness (QED) is 0.648.